The van der Waals surface area contributed by atoms with Gasteiger partial charge in [-0.05, 0) is 0 Å². The van der Waals surface area contributed by atoms with E-state index in [4.69, 9.17) is 5.11 Å². The van der Waals surface area contributed by atoms with Gasteiger partial charge in [0.05, 0.1) is 11.5 Å². The van der Waals surface area contributed by atoms with Crippen molar-refractivity contribution in [1.82, 2.24) is 4.90 Å². The first kappa shape index (κ1) is 15.2. The zero-order valence-corrected chi connectivity index (χ0v) is 11.4. The molecule has 0 atom stereocenters. The van der Waals surface area contributed by atoms with Crippen LogP contribution in [0.3, 0.4) is 0 Å². The van der Waals surface area contributed by atoms with Gasteiger partial charge in [0.15, 0.2) is 5.78 Å². The fraction of sp³-hybridized carbons (Fsp3) is 0.308. The molecule has 1 aromatic carbocycles. The van der Waals surface area contributed by atoms with Crippen LogP contribution in [0, 0.1) is 0 Å². The number of rotatable bonds is 7. The number of hydrogen-bond acceptors (Lipinski definition) is 4. The van der Waals surface area contributed by atoms with E-state index in [9.17, 15) is 14.4 Å². The van der Waals surface area contributed by atoms with E-state index < -0.39 is 5.97 Å². The third-order valence-corrected chi connectivity index (χ3v) is 3.27. The minimum absolute atomic E-state index is 0.0423. The molecule has 1 amide bonds. The standard InChI is InChI=1S/C13H15NO4S/c1-14(7-13(17)18)12(16)9-19-8-11(15)10-5-3-2-4-6-10/h2-6H,7-9H2,1H3,(H,17,18). The normalized spacial score (nSPS) is 9.95. The summed E-state index contributed by atoms with van der Waals surface area (Å²) in [4.78, 5) is 34.8. The van der Waals surface area contributed by atoms with E-state index >= 15 is 0 Å². The summed E-state index contributed by atoms with van der Waals surface area (Å²) >= 11 is 1.19. The molecule has 1 rings (SSSR count). The van der Waals surface area contributed by atoms with E-state index in [1.165, 1.54) is 18.8 Å². The Balaban J connectivity index is 2.32. The molecule has 5 nitrogen and oxygen atoms in total. The van der Waals surface area contributed by atoms with Crippen LogP contribution in [-0.4, -0.2) is 52.8 Å². The Morgan fingerprint density at radius 2 is 1.79 bits per heavy atom. The molecule has 0 saturated heterocycles. The smallest absolute Gasteiger partial charge is 0.323 e. The maximum atomic E-state index is 11.7. The van der Waals surface area contributed by atoms with E-state index in [0.29, 0.717) is 5.56 Å². The highest BCUT2D eigenvalue weighted by Gasteiger charge is 2.13. The van der Waals surface area contributed by atoms with Crippen LogP contribution in [0.4, 0.5) is 0 Å². The lowest BCUT2D eigenvalue weighted by Crippen LogP contribution is -2.33. The van der Waals surface area contributed by atoms with Crippen molar-refractivity contribution in [2.75, 3.05) is 25.1 Å². The van der Waals surface area contributed by atoms with Gasteiger partial charge < -0.3 is 10.0 Å². The van der Waals surface area contributed by atoms with Crippen molar-refractivity contribution in [3.05, 3.63) is 35.9 Å². The van der Waals surface area contributed by atoms with E-state index in [0.717, 1.165) is 4.90 Å². The van der Waals surface area contributed by atoms with Gasteiger partial charge in [-0.2, -0.15) is 0 Å². The van der Waals surface area contributed by atoms with E-state index in [1.807, 2.05) is 6.07 Å². The second-order valence-corrected chi connectivity index (χ2v) is 4.91. The molecule has 6 heteroatoms. The van der Waals surface area contributed by atoms with Gasteiger partial charge in [-0.25, -0.2) is 0 Å². The molecule has 1 aromatic rings. The molecule has 0 bridgehead atoms. The molecule has 102 valence electrons. The number of hydrogen-bond donors (Lipinski definition) is 1. The summed E-state index contributed by atoms with van der Waals surface area (Å²) in [6.45, 7) is -0.327. The molecule has 0 saturated carbocycles. The monoisotopic (exact) mass is 281 g/mol. The van der Waals surface area contributed by atoms with Crippen LogP contribution in [0.5, 0.6) is 0 Å². The van der Waals surface area contributed by atoms with Crippen LogP contribution in [0.25, 0.3) is 0 Å². The Hall–Kier alpha value is -1.82. The highest BCUT2D eigenvalue weighted by Crippen LogP contribution is 2.08. The third kappa shape index (κ3) is 5.56. The summed E-state index contributed by atoms with van der Waals surface area (Å²) in [6, 6.07) is 8.84. The second-order valence-electron chi connectivity index (χ2n) is 3.93. The molecule has 0 unspecified atom stereocenters. The topological polar surface area (TPSA) is 74.7 Å². The maximum Gasteiger partial charge on any atom is 0.323 e. The van der Waals surface area contributed by atoms with Gasteiger partial charge in [-0.15, -0.1) is 11.8 Å². The number of benzene rings is 1. The molecule has 1 N–H and O–H groups in total. The zero-order valence-electron chi connectivity index (χ0n) is 10.5. The number of thioether (sulfide) groups is 1. The van der Waals surface area contributed by atoms with Crippen molar-refractivity contribution in [2.24, 2.45) is 0 Å². The summed E-state index contributed by atoms with van der Waals surface area (Å²) in [5.74, 6) is -1.09. The van der Waals surface area contributed by atoms with Crippen molar-refractivity contribution >= 4 is 29.4 Å². The van der Waals surface area contributed by atoms with E-state index in [2.05, 4.69) is 0 Å². The van der Waals surface area contributed by atoms with Crippen molar-refractivity contribution < 1.29 is 19.5 Å². The maximum absolute atomic E-state index is 11.7. The summed E-state index contributed by atoms with van der Waals surface area (Å²) in [5.41, 5.74) is 0.612. The Kier molecular flexibility index (Phi) is 6.08. The van der Waals surface area contributed by atoms with Gasteiger partial charge in [0.1, 0.15) is 6.54 Å². The Morgan fingerprint density at radius 1 is 1.16 bits per heavy atom. The largest absolute Gasteiger partial charge is 0.480 e. The molecule has 0 aliphatic rings. The van der Waals surface area contributed by atoms with Crippen molar-refractivity contribution in [3.63, 3.8) is 0 Å². The van der Waals surface area contributed by atoms with E-state index in [-0.39, 0.29) is 29.7 Å². The van der Waals surface area contributed by atoms with Crippen molar-refractivity contribution in [3.8, 4) is 0 Å². The predicted octanol–water partition coefficient (Wildman–Crippen LogP) is 1.15. The minimum atomic E-state index is -1.05. The molecule has 0 fully saturated rings. The number of aliphatic carboxylic acids is 1. The average Bonchev–Trinajstić information content (AvgIpc) is 2.38. The number of nitrogens with zero attached hydrogens (tertiary/aromatic N) is 1. The third-order valence-electron chi connectivity index (χ3n) is 2.35. The lowest BCUT2D eigenvalue weighted by molar-refractivity contribution is -0.142. The molecule has 0 spiro atoms. The van der Waals surface area contributed by atoms with Crippen LogP contribution in [0.2, 0.25) is 0 Å². The zero-order chi connectivity index (χ0) is 14.3. The van der Waals surface area contributed by atoms with Crippen molar-refractivity contribution in [2.45, 2.75) is 0 Å². The number of likely N-dealkylation sites (N-methyl/N-ethyl adjacent to an activating group) is 1. The number of carboxylic acids is 1. The Morgan fingerprint density at radius 3 is 2.37 bits per heavy atom. The molecule has 0 aliphatic heterocycles. The minimum Gasteiger partial charge on any atom is -0.480 e. The fourth-order valence-corrected chi connectivity index (χ4v) is 2.19. The summed E-state index contributed by atoms with van der Waals surface area (Å²) in [7, 11) is 1.43. The van der Waals surface area contributed by atoms with Crippen LogP contribution in [-0.2, 0) is 9.59 Å². The average molecular weight is 281 g/mol. The molecule has 19 heavy (non-hydrogen) atoms. The van der Waals surface area contributed by atoms with Crippen LogP contribution in [0.15, 0.2) is 30.3 Å². The molecule has 0 aliphatic carbocycles. The summed E-state index contributed by atoms with van der Waals surface area (Å²) < 4.78 is 0. The Bertz CT molecular complexity index is 461. The van der Waals surface area contributed by atoms with Gasteiger partial charge in [0, 0.05) is 12.6 Å². The first-order valence-corrected chi connectivity index (χ1v) is 6.78. The lowest BCUT2D eigenvalue weighted by atomic mass is 10.2. The second kappa shape index (κ2) is 7.58. The highest BCUT2D eigenvalue weighted by molar-refractivity contribution is 8.00. The predicted molar refractivity (Wildman–Crippen MR) is 73.4 cm³/mol. The van der Waals surface area contributed by atoms with Gasteiger partial charge in [-0.3, -0.25) is 14.4 Å². The number of amides is 1. The number of carboxylic acid groups (broad SMARTS) is 1. The van der Waals surface area contributed by atoms with Crippen LogP contribution < -0.4 is 0 Å². The number of Topliss-reactive ketones (excluding diaryl/α,β-unsaturated/α-hetero) is 1. The quantitative estimate of drug-likeness (QED) is 0.759. The molecule has 0 heterocycles. The number of carbonyl (C=O) groups is 3. The molecule has 0 radical (unpaired) electrons. The van der Waals surface area contributed by atoms with Gasteiger partial charge >= 0.3 is 5.97 Å². The number of carbonyl (C=O) groups excluding carboxylic acids is 2. The summed E-state index contributed by atoms with van der Waals surface area (Å²) in [6.07, 6.45) is 0. The highest BCUT2D eigenvalue weighted by atomic mass is 32.2. The van der Waals surface area contributed by atoms with Crippen LogP contribution >= 0.6 is 11.8 Å². The summed E-state index contributed by atoms with van der Waals surface area (Å²) in [5, 5.41) is 8.54. The van der Waals surface area contributed by atoms with Crippen LogP contribution in [0.1, 0.15) is 10.4 Å². The molecular weight excluding hydrogens is 266 g/mol. The van der Waals surface area contributed by atoms with E-state index in [1.54, 1.807) is 24.3 Å². The lowest BCUT2D eigenvalue weighted by Gasteiger charge is -2.13. The van der Waals surface area contributed by atoms with Gasteiger partial charge in [0.2, 0.25) is 5.91 Å². The first-order valence-electron chi connectivity index (χ1n) is 5.62. The number of ketones is 1. The van der Waals surface area contributed by atoms with Gasteiger partial charge in [0.25, 0.3) is 0 Å². The molecular formula is C13H15NO4S. The molecule has 0 aromatic heterocycles. The van der Waals surface area contributed by atoms with Crippen molar-refractivity contribution in [1.29, 1.82) is 0 Å². The Labute approximate surface area is 115 Å². The SMILES string of the molecule is CN(CC(=O)O)C(=O)CSCC(=O)c1ccccc1. The first-order chi connectivity index (χ1) is 9.00. The van der Waals surface area contributed by atoms with Gasteiger partial charge in [-0.1, -0.05) is 30.3 Å². The fourth-order valence-electron chi connectivity index (χ4n) is 1.34.